The van der Waals surface area contributed by atoms with Gasteiger partial charge in [-0.1, -0.05) is 6.07 Å². The first-order valence-corrected chi connectivity index (χ1v) is 10.1. The number of non-ortho nitro benzene ring substituents is 1. The third-order valence-electron chi connectivity index (χ3n) is 3.94. The maximum Gasteiger partial charge on any atom is 0.270 e. The fraction of sp³-hybridized carbons (Fsp3) is 0.235. The van der Waals surface area contributed by atoms with E-state index in [1.807, 2.05) is 19.9 Å². The molecule has 0 fully saturated rings. The molecule has 12 heteroatoms. The molecule has 0 atom stereocenters. The van der Waals surface area contributed by atoms with E-state index in [0.717, 1.165) is 17.5 Å². The molecule has 2 heterocycles. The summed E-state index contributed by atoms with van der Waals surface area (Å²) in [4.78, 5) is 9.98. The molecule has 1 aromatic carbocycles. The number of benzene rings is 1. The summed E-state index contributed by atoms with van der Waals surface area (Å²) in [5.41, 5.74) is 1.53. The fourth-order valence-corrected chi connectivity index (χ4v) is 3.69. The highest BCUT2D eigenvalue weighted by atomic mass is 32.2. The summed E-state index contributed by atoms with van der Waals surface area (Å²) in [5.74, 6) is 1.05. The van der Waals surface area contributed by atoms with Gasteiger partial charge in [-0.3, -0.25) is 10.1 Å². The summed E-state index contributed by atoms with van der Waals surface area (Å²) in [5, 5.41) is 26.2. The van der Waals surface area contributed by atoms with Crippen LogP contribution in [0.15, 0.2) is 47.4 Å². The number of aromatic nitrogens is 4. The van der Waals surface area contributed by atoms with Gasteiger partial charge in [0.15, 0.2) is 5.82 Å². The molecule has 0 saturated heterocycles. The summed E-state index contributed by atoms with van der Waals surface area (Å²) in [6.45, 7) is 4.12. The van der Waals surface area contributed by atoms with Crippen molar-refractivity contribution in [1.29, 1.82) is 0 Å². The molecule has 0 radical (unpaired) electrons. The van der Waals surface area contributed by atoms with Gasteiger partial charge in [-0.25, -0.2) is 17.8 Å². The van der Waals surface area contributed by atoms with Crippen LogP contribution in [0.4, 0.5) is 11.5 Å². The van der Waals surface area contributed by atoms with Crippen LogP contribution in [-0.4, -0.2) is 46.4 Å². The van der Waals surface area contributed by atoms with E-state index in [1.165, 1.54) is 18.2 Å². The Bertz CT molecular complexity index is 1130. The Morgan fingerprint density at radius 3 is 2.52 bits per heavy atom. The van der Waals surface area contributed by atoms with Crippen molar-refractivity contribution in [2.75, 3.05) is 18.4 Å². The van der Waals surface area contributed by atoms with Crippen LogP contribution >= 0.6 is 0 Å². The highest BCUT2D eigenvalue weighted by Crippen LogP contribution is 2.17. The van der Waals surface area contributed by atoms with Gasteiger partial charge in [0.2, 0.25) is 10.0 Å². The fourth-order valence-electron chi connectivity index (χ4n) is 2.62. The molecule has 0 amide bonds. The first kappa shape index (κ1) is 20.4. The van der Waals surface area contributed by atoms with Crippen LogP contribution in [0.2, 0.25) is 0 Å². The molecule has 0 aliphatic carbocycles. The monoisotopic (exact) mass is 417 g/mol. The van der Waals surface area contributed by atoms with Gasteiger partial charge in [-0.15, -0.1) is 10.2 Å². The summed E-state index contributed by atoms with van der Waals surface area (Å²) in [6.07, 6.45) is 0. The second-order valence-electron chi connectivity index (χ2n) is 6.19. The molecular weight excluding hydrogens is 398 g/mol. The number of hydrogen-bond donors (Lipinski definition) is 2. The SMILES string of the molecule is Cc1cc(C)n(-c2ccc(NCCNS(=O)(=O)c3cccc([N+](=O)[O-])c3)nn2)n1. The summed E-state index contributed by atoms with van der Waals surface area (Å²) in [7, 11) is -3.86. The van der Waals surface area contributed by atoms with E-state index >= 15 is 0 Å². The van der Waals surface area contributed by atoms with E-state index in [4.69, 9.17) is 0 Å². The lowest BCUT2D eigenvalue weighted by atomic mass is 10.3. The minimum atomic E-state index is -3.86. The quantitative estimate of drug-likeness (QED) is 0.319. The third-order valence-corrected chi connectivity index (χ3v) is 5.40. The van der Waals surface area contributed by atoms with Gasteiger partial charge in [-0.05, 0) is 38.1 Å². The van der Waals surface area contributed by atoms with Crippen molar-refractivity contribution < 1.29 is 13.3 Å². The maximum absolute atomic E-state index is 12.3. The second kappa shape index (κ2) is 8.32. The van der Waals surface area contributed by atoms with Gasteiger partial charge >= 0.3 is 0 Å². The molecule has 2 aromatic heterocycles. The highest BCUT2D eigenvalue weighted by molar-refractivity contribution is 7.89. The van der Waals surface area contributed by atoms with Crippen molar-refractivity contribution >= 4 is 21.5 Å². The minimum Gasteiger partial charge on any atom is -0.367 e. The zero-order valence-electron chi connectivity index (χ0n) is 15.7. The van der Waals surface area contributed by atoms with Crippen molar-refractivity contribution in [3.8, 4) is 5.82 Å². The molecule has 3 aromatic rings. The van der Waals surface area contributed by atoms with Crippen LogP contribution in [-0.2, 0) is 10.0 Å². The molecule has 152 valence electrons. The molecule has 0 saturated carbocycles. The first-order valence-electron chi connectivity index (χ1n) is 8.61. The molecule has 2 N–H and O–H groups in total. The van der Waals surface area contributed by atoms with Crippen LogP contribution in [0.5, 0.6) is 0 Å². The summed E-state index contributed by atoms with van der Waals surface area (Å²) >= 11 is 0. The number of sulfonamides is 1. The number of anilines is 1. The van der Waals surface area contributed by atoms with Crippen LogP contribution in [0, 0.1) is 24.0 Å². The van der Waals surface area contributed by atoms with Crippen molar-refractivity contribution in [3.05, 3.63) is 64.0 Å². The highest BCUT2D eigenvalue weighted by Gasteiger charge is 2.17. The molecule has 11 nitrogen and oxygen atoms in total. The Morgan fingerprint density at radius 1 is 1.10 bits per heavy atom. The van der Waals surface area contributed by atoms with Gasteiger partial charge in [-0.2, -0.15) is 5.10 Å². The molecule has 0 unspecified atom stereocenters. The second-order valence-corrected chi connectivity index (χ2v) is 7.96. The smallest absolute Gasteiger partial charge is 0.270 e. The van der Waals surface area contributed by atoms with E-state index < -0.39 is 14.9 Å². The van der Waals surface area contributed by atoms with Crippen LogP contribution in [0.1, 0.15) is 11.4 Å². The number of nitrogens with one attached hydrogen (secondary N) is 2. The number of rotatable bonds is 8. The Hall–Kier alpha value is -3.38. The predicted molar refractivity (Wildman–Crippen MR) is 105 cm³/mol. The standard InChI is InChI=1S/C17H19N7O4S/c1-12-10-13(2)23(22-12)17-7-6-16(20-21-17)18-8-9-19-29(27,28)15-5-3-4-14(11-15)24(25)26/h3-7,10-11,19H,8-9H2,1-2H3,(H,18,20). The Balaban J connectivity index is 1.55. The van der Waals surface area contributed by atoms with E-state index in [9.17, 15) is 18.5 Å². The lowest BCUT2D eigenvalue weighted by Gasteiger charge is -2.09. The van der Waals surface area contributed by atoms with Crippen molar-refractivity contribution in [2.24, 2.45) is 0 Å². The topological polar surface area (TPSA) is 145 Å². The van der Waals surface area contributed by atoms with E-state index in [0.29, 0.717) is 11.6 Å². The van der Waals surface area contributed by atoms with Gasteiger partial charge in [0.25, 0.3) is 5.69 Å². The van der Waals surface area contributed by atoms with E-state index in [1.54, 1.807) is 16.8 Å². The van der Waals surface area contributed by atoms with Crippen LogP contribution < -0.4 is 10.0 Å². The molecule has 29 heavy (non-hydrogen) atoms. The Kier molecular flexibility index (Phi) is 5.84. The van der Waals surface area contributed by atoms with Crippen molar-refractivity contribution in [1.82, 2.24) is 24.7 Å². The lowest BCUT2D eigenvalue weighted by molar-refractivity contribution is -0.385. The average molecular weight is 417 g/mol. The summed E-state index contributed by atoms with van der Waals surface area (Å²) < 4.78 is 28.6. The molecule has 0 bridgehead atoms. The normalized spacial score (nSPS) is 11.4. The minimum absolute atomic E-state index is 0.0614. The van der Waals surface area contributed by atoms with Crippen molar-refractivity contribution in [3.63, 3.8) is 0 Å². The van der Waals surface area contributed by atoms with Crippen molar-refractivity contribution in [2.45, 2.75) is 18.7 Å². The predicted octanol–water partition coefficient (Wildman–Crippen LogP) is 1.58. The molecule has 0 aliphatic rings. The van der Waals surface area contributed by atoms with Gasteiger partial charge in [0.05, 0.1) is 15.5 Å². The number of aryl methyl sites for hydroxylation is 2. The van der Waals surface area contributed by atoms with Gasteiger partial charge < -0.3 is 5.32 Å². The zero-order valence-corrected chi connectivity index (χ0v) is 16.5. The molecule has 0 aliphatic heterocycles. The Labute approximate surface area is 167 Å². The number of hydrogen-bond acceptors (Lipinski definition) is 8. The van der Waals surface area contributed by atoms with Gasteiger partial charge in [0.1, 0.15) is 5.82 Å². The number of nitrogens with zero attached hydrogens (tertiary/aromatic N) is 5. The number of nitro groups is 1. The first-order chi connectivity index (χ1) is 13.8. The van der Waals surface area contributed by atoms with E-state index in [2.05, 4.69) is 25.3 Å². The molecular formula is C17H19N7O4S. The maximum atomic E-state index is 12.3. The van der Waals surface area contributed by atoms with Crippen LogP contribution in [0.25, 0.3) is 5.82 Å². The third kappa shape index (κ3) is 4.92. The summed E-state index contributed by atoms with van der Waals surface area (Å²) in [6, 6.07) is 10.3. The largest absolute Gasteiger partial charge is 0.367 e. The zero-order chi connectivity index (χ0) is 21.0. The number of nitro benzene ring substituents is 1. The average Bonchev–Trinajstić information content (AvgIpc) is 3.04. The lowest BCUT2D eigenvalue weighted by Crippen LogP contribution is -2.29. The van der Waals surface area contributed by atoms with E-state index in [-0.39, 0.29) is 23.7 Å². The molecule has 0 spiro atoms. The van der Waals surface area contributed by atoms with Gasteiger partial charge in [0, 0.05) is 30.9 Å². The Morgan fingerprint density at radius 2 is 1.90 bits per heavy atom. The van der Waals surface area contributed by atoms with Crippen LogP contribution in [0.3, 0.4) is 0 Å². The molecule has 3 rings (SSSR count).